The molecule has 2 rings (SSSR count). The summed E-state index contributed by atoms with van der Waals surface area (Å²) in [5, 5.41) is 5.38. The number of anilines is 1. The van der Waals surface area contributed by atoms with Gasteiger partial charge in [-0.3, -0.25) is 9.69 Å². The fourth-order valence-electron chi connectivity index (χ4n) is 1.78. The summed E-state index contributed by atoms with van der Waals surface area (Å²) in [4.78, 5) is 17.9. The molecule has 1 aromatic heterocycles. The van der Waals surface area contributed by atoms with Crippen molar-refractivity contribution >= 4 is 34.8 Å². The predicted molar refractivity (Wildman–Crippen MR) is 71.8 cm³/mol. The Morgan fingerprint density at radius 3 is 3.06 bits per heavy atom. The zero-order valence-corrected chi connectivity index (χ0v) is 11.3. The summed E-state index contributed by atoms with van der Waals surface area (Å²) in [5.41, 5.74) is 6.71. The van der Waals surface area contributed by atoms with E-state index in [1.54, 1.807) is 0 Å². The molecular formula is C10H17ClN4OS. The normalized spacial score (nSPS) is 20.0. The lowest BCUT2D eigenvalue weighted by Gasteiger charge is -2.13. The van der Waals surface area contributed by atoms with E-state index >= 15 is 0 Å². The largest absolute Gasteiger partial charge is 0.326 e. The van der Waals surface area contributed by atoms with Gasteiger partial charge in [0.25, 0.3) is 0 Å². The Kier molecular flexibility index (Phi) is 5.32. The maximum Gasteiger partial charge on any atom is 0.240 e. The summed E-state index contributed by atoms with van der Waals surface area (Å²) >= 11 is 1.45. The number of likely N-dealkylation sites (tertiary alicyclic amines) is 1. The molecule has 96 valence electrons. The zero-order valence-electron chi connectivity index (χ0n) is 9.68. The van der Waals surface area contributed by atoms with Crippen LogP contribution in [0.25, 0.3) is 0 Å². The first-order valence-electron chi connectivity index (χ1n) is 5.33. The minimum atomic E-state index is -0.0107. The zero-order chi connectivity index (χ0) is 11.5. The molecule has 0 aromatic carbocycles. The van der Waals surface area contributed by atoms with E-state index in [-0.39, 0.29) is 24.4 Å². The maximum absolute atomic E-state index is 11.7. The van der Waals surface area contributed by atoms with Crippen molar-refractivity contribution in [3.05, 3.63) is 11.1 Å². The molecule has 3 N–H and O–H groups in total. The third-order valence-corrected chi connectivity index (χ3v) is 3.42. The summed E-state index contributed by atoms with van der Waals surface area (Å²) in [6.45, 7) is 4.04. The molecule has 1 fully saturated rings. The molecule has 1 amide bonds. The number of nitrogens with one attached hydrogen (secondary N) is 1. The van der Waals surface area contributed by atoms with Crippen LogP contribution < -0.4 is 11.1 Å². The molecule has 2 heterocycles. The van der Waals surface area contributed by atoms with E-state index in [0.717, 1.165) is 25.2 Å². The first kappa shape index (κ1) is 14.4. The van der Waals surface area contributed by atoms with E-state index in [4.69, 9.17) is 5.73 Å². The number of aromatic nitrogens is 1. The third kappa shape index (κ3) is 4.23. The predicted octanol–water partition coefficient (Wildman–Crippen LogP) is 0.845. The number of rotatable bonds is 3. The number of nitrogens with zero attached hydrogens (tertiary/aromatic N) is 2. The van der Waals surface area contributed by atoms with Crippen LogP contribution in [0.2, 0.25) is 0 Å². The van der Waals surface area contributed by atoms with Crippen LogP contribution in [0.4, 0.5) is 5.13 Å². The molecule has 0 spiro atoms. The Bertz CT molecular complexity index is 384. The quantitative estimate of drug-likeness (QED) is 0.858. The van der Waals surface area contributed by atoms with E-state index in [2.05, 4.69) is 15.2 Å². The molecule has 1 aliphatic heterocycles. The van der Waals surface area contributed by atoms with Crippen LogP contribution >= 0.6 is 23.7 Å². The number of aryl methyl sites for hydroxylation is 1. The average Bonchev–Trinajstić information content (AvgIpc) is 2.76. The van der Waals surface area contributed by atoms with Crippen LogP contribution in [0.3, 0.4) is 0 Å². The van der Waals surface area contributed by atoms with Gasteiger partial charge in [0.15, 0.2) is 5.13 Å². The molecule has 5 nitrogen and oxygen atoms in total. The molecule has 0 unspecified atom stereocenters. The second kappa shape index (κ2) is 6.30. The molecule has 17 heavy (non-hydrogen) atoms. The van der Waals surface area contributed by atoms with Gasteiger partial charge in [0.05, 0.1) is 12.2 Å². The van der Waals surface area contributed by atoms with Gasteiger partial charge >= 0.3 is 0 Å². The molecule has 0 bridgehead atoms. The monoisotopic (exact) mass is 276 g/mol. The molecule has 1 aromatic rings. The van der Waals surface area contributed by atoms with Crippen LogP contribution in [0.15, 0.2) is 5.38 Å². The summed E-state index contributed by atoms with van der Waals surface area (Å²) in [6, 6.07) is 0.218. The highest BCUT2D eigenvalue weighted by Crippen LogP contribution is 2.14. The van der Waals surface area contributed by atoms with Gasteiger partial charge < -0.3 is 11.1 Å². The van der Waals surface area contributed by atoms with E-state index in [1.807, 2.05) is 12.3 Å². The minimum absolute atomic E-state index is 0. The summed E-state index contributed by atoms with van der Waals surface area (Å²) in [7, 11) is 0. The highest BCUT2D eigenvalue weighted by molar-refractivity contribution is 7.13. The van der Waals surface area contributed by atoms with Crippen LogP contribution in [0, 0.1) is 6.92 Å². The smallest absolute Gasteiger partial charge is 0.240 e. The summed E-state index contributed by atoms with van der Waals surface area (Å²) in [6.07, 6.45) is 0.976. The molecule has 0 aliphatic carbocycles. The maximum atomic E-state index is 11.7. The summed E-state index contributed by atoms with van der Waals surface area (Å²) < 4.78 is 0. The highest BCUT2D eigenvalue weighted by atomic mass is 35.5. The number of thiazole rings is 1. The van der Waals surface area contributed by atoms with Crippen molar-refractivity contribution in [3.8, 4) is 0 Å². The van der Waals surface area contributed by atoms with Gasteiger partial charge in [0.1, 0.15) is 0 Å². The van der Waals surface area contributed by atoms with Crippen molar-refractivity contribution in [3.63, 3.8) is 0 Å². The first-order valence-corrected chi connectivity index (χ1v) is 6.21. The Hall–Kier alpha value is -0.690. The lowest BCUT2D eigenvalue weighted by molar-refractivity contribution is -0.117. The van der Waals surface area contributed by atoms with E-state index < -0.39 is 0 Å². The molecule has 1 saturated heterocycles. The molecule has 0 radical (unpaired) electrons. The third-order valence-electron chi connectivity index (χ3n) is 2.54. The van der Waals surface area contributed by atoms with Gasteiger partial charge in [0.2, 0.25) is 5.91 Å². The van der Waals surface area contributed by atoms with Gasteiger partial charge in [-0.1, -0.05) is 0 Å². The number of carbonyl (C=O) groups excluding carboxylic acids is 1. The molecule has 1 aliphatic rings. The van der Waals surface area contributed by atoms with Gasteiger partial charge in [-0.2, -0.15) is 0 Å². The van der Waals surface area contributed by atoms with Crippen molar-refractivity contribution in [2.45, 2.75) is 19.4 Å². The Labute approximate surface area is 111 Å². The molecular weight excluding hydrogens is 260 g/mol. The van der Waals surface area contributed by atoms with E-state index in [9.17, 15) is 4.79 Å². The van der Waals surface area contributed by atoms with Gasteiger partial charge in [-0.05, 0) is 13.3 Å². The highest BCUT2D eigenvalue weighted by Gasteiger charge is 2.21. The van der Waals surface area contributed by atoms with Gasteiger partial charge in [0, 0.05) is 24.5 Å². The summed E-state index contributed by atoms with van der Waals surface area (Å²) in [5.74, 6) is -0.0107. The van der Waals surface area contributed by atoms with Crippen molar-refractivity contribution < 1.29 is 4.79 Å². The van der Waals surface area contributed by atoms with Crippen LogP contribution in [-0.4, -0.2) is 41.5 Å². The second-order valence-electron chi connectivity index (χ2n) is 4.13. The number of carbonyl (C=O) groups is 1. The van der Waals surface area contributed by atoms with E-state index in [1.165, 1.54) is 11.3 Å². The number of hydrogen-bond donors (Lipinski definition) is 2. The molecule has 7 heteroatoms. The number of halogens is 1. The molecule has 0 saturated carbocycles. The van der Waals surface area contributed by atoms with Crippen molar-refractivity contribution in [1.82, 2.24) is 9.88 Å². The fraction of sp³-hybridized carbons (Fsp3) is 0.600. The van der Waals surface area contributed by atoms with Crippen LogP contribution in [0.5, 0.6) is 0 Å². The fourth-order valence-corrected chi connectivity index (χ4v) is 2.48. The van der Waals surface area contributed by atoms with Gasteiger partial charge in [-0.25, -0.2) is 4.98 Å². The SMILES string of the molecule is Cc1csc(NC(=O)CN2CC[C@@H](N)C2)n1.Cl. The van der Waals surface area contributed by atoms with Crippen LogP contribution in [0.1, 0.15) is 12.1 Å². The first-order chi connectivity index (χ1) is 7.63. The van der Waals surface area contributed by atoms with Crippen LogP contribution in [-0.2, 0) is 4.79 Å². The lowest BCUT2D eigenvalue weighted by Crippen LogP contribution is -2.33. The number of amides is 1. The Morgan fingerprint density at radius 2 is 2.53 bits per heavy atom. The second-order valence-corrected chi connectivity index (χ2v) is 4.98. The van der Waals surface area contributed by atoms with Gasteiger partial charge in [-0.15, -0.1) is 23.7 Å². The minimum Gasteiger partial charge on any atom is -0.326 e. The Balaban J connectivity index is 0.00000144. The number of nitrogens with two attached hydrogens (primary N) is 1. The number of hydrogen-bond acceptors (Lipinski definition) is 5. The average molecular weight is 277 g/mol. The van der Waals surface area contributed by atoms with E-state index in [0.29, 0.717) is 11.7 Å². The topological polar surface area (TPSA) is 71.2 Å². The van der Waals surface area contributed by atoms with Crippen molar-refractivity contribution in [1.29, 1.82) is 0 Å². The van der Waals surface area contributed by atoms with Crippen molar-refractivity contribution in [2.75, 3.05) is 25.0 Å². The molecule has 1 atom stereocenters. The standard InChI is InChI=1S/C10H16N4OS.ClH/c1-7-6-16-10(12-7)13-9(15)5-14-3-2-8(11)4-14;/h6,8H,2-5,11H2,1H3,(H,12,13,15);1H/t8-;/m1./s1. The Morgan fingerprint density at radius 1 is 1.76 bits per heavy atom. The van der Waals surface area contributed by atoms with Crippen molar-refractivity contribution in [2.24, 2.45) is 5.73 Å². The lowest BCUT2D eigenvalue weighted by atomic mass is 10.3.